The van der Waals surface area contributed by atoms with Gasteiger partial charge in [0.25, 0.3) is 0 Å². The number of aliphatic hydroxyl groups is 1. The van der Waals surface area contributed by atoms with Gasteiger partial charge < -0.3 is 10.0 Å². The summed E-state index contributed by atoms with van der Waals surface area (Å²) in [5.74, 6) is 0. The van der Waals surface area contributed by atoms with E-state index in [1.54, 1.807) is 6.92 Å². The third-order valence-corrected chi connectivity index (χ3v) is 4.03. The molecule has 0 fully saturated rings. The van der Waals surface area contributed by atoms with Crippen LogP contribution in [0.3, 0.4) is 0 Å². The van der Waals surface area contributed by atoms with Crippen LogP contribution in [0.25, 0.3) is 0 Å². The lowest BCUT2D eigenvalue weighted by molar-refractivity contribution is 0.199. The molecule has 1 atom stereocenters. The second kappa shape index (κ2) is 6.91. The highest BCUT2D eigenvalue weighted by molar-refractivity contribution is 9.10. The van der Waals surface area contributed by atoms with Crippen LogP contribution < -0.4 is 4.90 Å². The van der Waals surface area contributed by atoms with Crippen molar-refractivity contribution in [2.24, 2.45) is 0 Å². The third-order valence-electron chi connectivity index (χ3n) is 3.39. The first-order valence-corrected chi connectivity index (χ1v) is 7.67. The molecule has 0 amide bonds. The van der Waals surface area contributed by atoms with Crippen LogP contribution in [0.4, 0.5) is 5.69 Å². The second-order valence-corrected chi connectivity index (χ2v) is 5.74. The molecule has 0 spiro atoms. The van der Waals surface area contributed by atoms with E-state index in [4.69, 9.17) is 0 Å². The minimum absolute atomic E-state index is 0.440. The van der Waals surface area contributed by atoms with Gasteiger partial charge in [-0.25, -0.2) is 0 Å². The van der Waals surface area contributed by atoms with E-state index in [0.29, 0.717) is 0 Å². The van der Waals surface area contributed by atoms with Crippen molar-refractivity contribution in [3.8, 4) is 0 Å². The van der Waals surface area contributed by atoms with E-state index in [-0.39, 0.29) is 0 Å². The Kier molecular flexibility index (Phi) is 5.21. The molecule has 0 radical (unpaired) electrons. The molecule has 2 aromatic carbocycles. The molecule has 106 valence electrons. The Bertz CT molecular complexity index is 554. The SMILES string of the molecule is CCN(Cc1ccccc1)c1ccc([C@H](C)O)cc1Br. The first-order valence-electron chi connectivity index (χ1n) is 6.88. The van der Waals surface area contributed by atoms with Crippen LogP contribution in [0.5, 0.6) is 0 Å². The Morgan fingerprint density at radius 1 is 1.15 bits per heavy atom. The Hall–Kier alpha value is -1.32. The van der Waals surface area contributed by atoms with Crippen molar-refractivity contribution < 1.29 is 5.11 Å². The molecule has 0 unspecified atom stereocenters. The lowest BCUT2D eigenvalue weighted by Crippen LogP contribution is -2.22. The molecule has 1 N–H and O–H groups in total. The van der Waals surface area contributed by atoms with Crippen LogP contribution >= 0.6 is 15.9 Å². The molecule has 0 aliphatic heterocycles. The van der Waals surface area contributed by atoms with Crippen molar-refractivity contribution in [2.45, 2.75) is 26.5 Å². The van der Waals surface area contributed by atoms with E-state index >= 15 is 0 Å². The molecule has 2 aromatic rings. The molecule has 0 saturated carbocycles. The monoisotopic (exact) mass is 333 g/mol. The van der Waals surface area contributed by atoms with Gasteiger partial charge in [0.1, 0.15) is 0 Å². The van der Waals surface area contributed by atoms with Gasteiger partial charge in [0.2, 0.25) is 0 Å². The lowest BCUT2D eigenvalue weighted by atomic mass is 10.1. The zero-order valence-corrected chi connectivity index (χ0v) is 13.5. The van der Waals surface area contributed by atoms with Gasteiger partial charge in [-0.1, -0.05) is 36.4 Å². The molecule has 3 heteroatoms. The van der Waals surface area contributed by atoms with Gasteiger partial charge in [-0.05, 0) is 53.0 Å². The van der Waals surface area contributed by atoms with Crippen molar-refractivity contribution in [3.63, 3.8) is 0 Å². The molecule has 0 saturated heterocycles. The van der Waals surface area contributed by atoms with Crippen LogP contribution in [-0.4, -0.2) is 11.7 Å². The predicted octanol–water partition coefficient (Wildman–Crippen LogP) is 4.53. The topological polar surface area (TPSA) is 23.5 Å². The average molecular weight is 334 g/mol. The molecule has 20 heavy (non-hydrogen) atoms. The summed E-state index contributed by atoms with van der Waals surface area (Å²) in [7, 11) is 0. The summed E-state index contributed by atoms with van der Waals surface area (Å²) >= 11 is 3.62. The van der Waals surface area contributed by atoms with E-state index in [1.807, 2.05) is 18.2 Å². The van der Waals surface area contributed by atoms with E-state index in [9.17, 15) is 5.11 Å². The minimum Gasteiger partial charge on any atom is -0.389 e. The summed E-state index contributed by atoms with van der Waals surface area (Å²) in [4.78, 5) is 2.31. The smallest absolute Gasteiger partial charge is 0.0762 e. The summed E-state index contributed by atoms with van der Waals surface area (Å²) in [6.45, 7) is 5.74. The fraction of sp³-hybridized carbons (Fsp3) is 0.294. The maximum Gasteiger partial charge on any atom is 0.0762 e. The molecule has 2 rings (SSSR count). The largest absolute Gasteiger partial charge is 0.389 e. The number of benzene rings is 2. The summed E-state index contributed by atoms with van der Waals surface area (Å²) in [5, 5.41) is 9.64. The number of nitrogens with zero attached hydrogens (tertiary/aromatic N) is 1. The predicted molar refractivity (Wildman–Crippen MR) is 87.9 cm³/mol. The fourth-order valence-corrected chi connectivity index (χ4v) is 2.86. The number of hydrogen-bond donors (Lipinski definition) is 1. The standard InChI is InChI=1S/C17H20BrNO/c1-3-19(12-14-7-5-4-6-8-14)17-10-9-15(13(2)20)11-16(17)18/h4-11,13,20H,3,12H2,1-2H3/t13-/m0/s1. The Morgan fingerprint density at radius 2 is 1.85 bits per heavy atom. The first kappa shape index (κ1) is 15.1. The van der Waals surface area contributed by atoms with Crippen LogP contribution in [0.2, 0.25) is 0 Å². The normalized spacial score (nSPS) is 12.2. The van der Waals surface area contributed by atoms with Crippen LogP contribution in [-0.2, 0) is 6.54 Å². The van der Waals surface area contributed by atoms with Crippen molar-refractivity contribution in [3.05, 3.63) is 64.1 Å². The number of aliphatic hydroxyl groups excluding tert-OH is 1. The lowest BCUT2D eigenvalue weighted by Gasteiger charge is -2.25. The van der Waals surface area contributed by atoms with Gasteiger partial charge in [-0.15, -0.1) is 0 Å². The van der Waals surface area contributed by atoms with Crippen molar-refractivity contribution in [1.82, 2.24) is 0 Å². The highest BCUT2D eigenvalue weighted by Gasteiger charge is 2.11. The fourth-order valence-electron chi connectivity index (χ4n) is 2.21. The molecule has 0 heterocycles. The molecular formula is C17H20BrNO. The molecule has 2 nitrogen and oxygen atoms in total. The number of anilines is 1. The zero-order valence-electron chi connectivity index (χ0n) is 11.9. The summed E-state index contributed by atoms with van der Waals surface area (Å²) in [6, 6.07) is 16.5. The quantitative estimate of drug-likeness (QED) is 0.868. The van der Waals surface area contributed by atoms with Crippen LogP contribution in [0.1, 0.15) is 31.1 Å². The van der Waals surface area contributed by atoms with Gasteiger partial charge in [-0.2, -0.15) is 0 Å². The van der Waals surface area contributed by atoms with Crippen molar-refractivity contribution in [1.29, 1.82) is 0 Å². The van der Waals surface area contributed by atoms with E-state index in [0.717, 1.165) is 28.8 Å². The van der Waals surface area contributed by atoms with Gasteiger partial charge >= 0.3 is 0 Å². The highest BCUT2D eigenvalue weighted by atomic mass is 79.9. The van der Waals surface area contributed by atoms with Crippen molar-refractivity contribution >= 4 is 21.6 Å². The van der Waals surface area contributed by atoms with E-state index in [2.05, 4.69) is 58.1 Å². The highest BCUT2D eigenvalue weighted by Crippen LogP contribution is 2.30. The van der Waals surface area contributed by atoms with Crippen LogP contribution in [0, 0.1) is 0 Å². The summed E-state index contributed by atoms with van der Waals surface area (Å²) in [6.07, 6.45) is -0.440. The number of halogens is 1. The van der Waals surface area contributed by atoms with Crippen molar-refractivity contribution in [2.75, 3.05) is 11.4 Å². The molecular weight excluding hydrogens is 314 g/mol. The molecule has 0 bridgehead atoms. The molecule has 0 aromatic heterocycles. The van der Waals surface area contributed by atoms with E-state index < -0.39 is 6.10 Å². The second-order valence-electron chi connectivity index (χ2n) is 4.89. The van der Waals surface area contributed by atoms with E-state index in [1.165, 1.54) is 5.56 Å². The summed E-state index contributed by atoms with van der Waals surface area (Å²) in [5.41, 5.74) is 3.37. The minimum atomic E-state index is -0.440. The number of hydrogen-bond acceptors (Lipinski definition) is 2. The van der Waals surface area contributed by atoms with Crippen LogP contribution in [0.15, 0.2) is 53.0 Å². The summed E-state index contributed by atoms with van der Waals surface area (Å²) < 4.78 is 1.02. The Labute approximate surface area is 129 Å². The Morgan fingerprint density at radius 3 is 2.40 bits per heavy atom. The average Bonchev–Trinajstić information content (AvgIpc) is 2.46. The Balaban J connectivity index is 2.23. The van der Waals surface area contributed by atoms with Gasteiger partial charge in [0, 0.05) is 17.6 Å². The maximum atomic E-state index is 9.64. The third kappa shape index (κ3) is 3.62. The molecule has 0 aliphatic rings. The zero-order chi connectivity index (χ0) is 14.5. The first-order chi connectivity index (χ1) is 9.61. The maximum absolute atomic E-state index is 9.64. The molecule has 0 aliphatic carbocycles. The van der Waals surface area contributed by atoms with Gasteiger partial charge in [-0.3, -0.25) is 0 Å². The van der Waals surface area contributed by atoms with Gasteiger partial charge in [0.05, 0.1) is 11.8 Å². The van der Waals surface area contributed by atoms with Gasteiger partial charge in [0.15, 0.2) is 0 Å². The number of rotatable bonds is 5.